The molecule has 0 rings (SSSR count). The second kappa shape index (κ2) is 11.1. The van der Waals surface area contributed by atoms with Crippen molar-refractivity contribution in [2.75, 3.05) is 13.2 Å². The molecule has 0 fully saturated rings. The van der Waals surface area contributed by atoms with Crippen molar-refractivity contribution in [3.63, 3.8) is 0 Å². The van der Waals surface area contributed by atoms with E-state index in [2.05, 4.69) is 27.7 Å². The molecule has 0 heterocycles. The topological polar surface area (TPSA) is 9.23 Å². The minimum atomic E-state index is 0. The molecule has 0 spiro atoms. The van der Waals surface area contributed by atoms with Crippen molar-refractivity contribution in [3.05, 3.63) is 6.92 Å². The van der Waals surface area contributed by atoms with E-state index in [9.17, 15) is 0 Å². The second-order valence-electron chi connectivity index (χ2n) is 3.71. The van der Waals surface area contributed by atoms with Crippen LogP contribution in [0.4, 0.5) is 0 Å². The summed E-state index contributed by atoms with van der Waals surface area (Å²) in [4.78, 5) is 0. The van der Waals surface area contributed by atoms with Crippen molar-refractivity contribution in [3.8, 4) is 0 Å². The molecule has 0 aromatic heterocycles. The second-order valence-corrected chi connectivity index (χ2v) is 3.71. The third kappa shape index (κ3) is 11.0. The van der Waals surface area contributed by atoms with Gasteiger partial charge in [0.25, 0.3) is 0 Å². The number of ether oxygens (including phenoxy) is 1. The maximum atomic E-state index is 5.54. The molecule has 0 aliphatic heterocycles. The molecule has 0 saturated carbocycles. The van der Waals surface area contributed by atoms with Crippen LogP contribution in [0.2, 0.25) is 0 Å². The monoisotopic (exact) mass is 260 g/mol. The fraction of sp³-hybridized carbons (Fsp3) is 0.909. The zero-order valence-corrected chi connectivity index (χ0v) is 12.2. The molecular formula is C11H23OY+2. The summed E-state index contributed by atoms with van der Waals surface area (Å²) in [5.41, 5.74) is 0. The summed E-state index contributed by atoms with van der Waals surface area (Å²) in [6.45, 7) is 12.4. The Morgan fingerprint density at radius 3 is 2.31 bits per heavy atom. The summed E-state index contributed by atoms with van der Waals surface area (Å²) in [5, 5.41) is 0. The van der Waals surface area contributed by atoms with E-state index >= 15 is 0 Å². The normalized spacial score (nSPS) is 14.8. The van der Waals surface area contributed by atoms with Crippen molar-refractivity contribution in [1.82, 2.24) is 0 Å². The predicted molar refractivity (Wildman–Crippen MR) is 54.0 cm³/mol. The average molecular weight is 260 g/mol. The molecule has 0 aromatic carbocycles. The van der Waals surface area contributed by atoms with Crippen LogP contribution in [-0.4, -0.2) is 13.2 Å². The Morgan fingerprint density at radius 1 is 1.23 bits per heavy atom. The Bertz CT molecular complexity index is 96.1. The van der Waals surface area contributed by atoms with E-state index in [0.717, 1.165) is 13.2 Å². The molecule has 2 heteroatoms. The van der Waals surface area contributed by atoms with Crippen molar-refractivity contribution < 1.29 is 37.4 Å². The van der Waals surface area contributed by atoms with Crippen LogP contribution in [0.1, 0.15) is 40.0 Å². The van der Waals surface area contributed by atoms with Crippen LogP contribution in [0.5, 0.6) is 0 Å². The minimum Gasteiger partial charge on any atom is -0.384 e. The summed E-state index contributed by atoms with van der Waals surface area (Å²) in [6, 6.07) is 0. The molecule has 74 valence electrons. The molecule has 0 bridgehead atoms. The van der Waals surface area contributed by atoms with Gasteiger partial charge in [-0.15, -0.1) is 5.92 Å². The van der Waals surface area contributed by atoms with Crippen molar-refractivity contribution in [2.45, 2.75) is 40.0 Å². The van der Waals surface area contributed by atoms with Gasteiger partial charge in [-0.1, -0.05) is 40.0 Å². The molecule has 0 radical (unpaired) electrons. The Balaban J connectivity index is 0. The maximum absolute atomic E-state index is 5.54. The Labute approximate surface area is 109 Å². The van der Waals surface area contributed by atoms with E-state index in [4.69, 9.17) is 4.74 Å². The maximum Gasteiger partial charge on any atom is 3.00 e. The fourth-order valence-electron chi connectivity index (χ4n) is 1.05. The molecule has 0 N–H and O–H groups in total. The Morgan fingerprint density at radius 2 is 1.85 bits per heavy atom. The molecule has 0 saturated heterocycles. The van der Waals surface area contributed by atoms with Gasteiger partial charge >= 0.3 is 32.7 Å². The summed E-state index contributed by atoms with van der Waals surface area (Å²) in [6.07, 6.45) is 3.59. The van der Waals surface area contributed by atoms with Crippen LogP contribution in [0.3, 0.4) is 0 Å². The van der Waals surface area contributed by atoms with Gasteiger partial charge < -0.3 is 11.7 Å². The van der Waals surface area contributed by atoms with Gasteiger partial charge in [-0.3, -0.25) is 0 Å². The van der Waals surface area contributed by atoms with E-state index in [1.165, 1.54) is 19.3 Å². The molecule has 0 aliphatic carbocycles. The van der Waals surface area contributed by atoms with Crippen LogP contribution < -0.4 is 0 Å². The van der Waals surface area contributed by atoms with Crippen molar-refractivity contribution in [2.24, 2.45) is 11.8 Å². The quantitative estimate of drug-likeness (QED) is 0.638. The average Bonchev–Trinajstić information content (AvgIpc) is 2.04. The first-order valence-corrected chi connectivity index (χ1v) is 5.11. The zero-order chi connectivity index (χ0) is 9.40. The Kier molecular flexibility index (Phi) is 14.1. The molecule has 0 aliphatic rings. The smallest absolute Gasteiger partial charge is 0.384 e. The molecular weight excluding hydrogens is 237 g/mol. The van der Waals surface area contributed by atoms with Crippen molar-refractivity contribution in [1.29, 1.82) is 0 Å². The summed E-state index contributed by atoms with van der Waals surface area (Å²) in [7, 11) is 0. The molecule has 0 amide bonds. The van der Waals surface area contributed by atoms with E-state index < -0.39 is 0 Å². The molecule has 0 aromatic rings. The van der Waals surface area contributed by atoms with Gasteiger partial charge in [0, 0.05) is 13.2 Å². The first-order chi connectivity index (χ1) is 5.70. The van der Waals surface area contributed by atoms with Crippen LogP contribution in [0.25, 0.3) is 0 Å². The predicted octanol–water partition coefficient (Wildman–Crippen LogP) is 3.30. The molecule has 1 nitrogen and oxygen atoms in total. The molecule has 2 unspecified atom stereocenters. The first-order valence-electron chi connectivity index (χ1n) is 5.11. The van der Waals surface area contributed by atoms with Crippen LogP contribution >= 0.6 is 0 Å². The summed E-state index contributed by atoms with van der Waals surface area (Å²) >= 11 is 0. The van der Waals surface area contributed by atoms with Gasteiger partial charge in [0.05, 0.1) is 0 Å². The third-order valence-corrected chi connectivity index (χ3v) is 2.15. The first kappa shape index (κ1) is 16.5. The van der Waals surface area contributed by atoms with Gasteiger partial charge in [-0.05, 0) is 5.92 Å². The van der Waals surface area contributed by atoms with Gasteiger partial charge in [0.1, 0.15) is 0 Å². The van der Waals surface area contributed by atoms with E-state index in [1.54, 1.807) is 0 Å². The minimum absolute atomic E-state index is 0. The third-order valence-electron chi connectivity index (χ3n) is 2.15. The van der Waals surface area contributed by atoms with E-state index in [0.29, 0.717) is 11.8 Å². The van der Waals surface area contributed by atoms with Gasteiger partial charge in [0.2, 0.25) is 0 Å². The summed E-state index contributed by atoms with van der Waals surface area (Å²) in [5.74, 6) is 1.18. The summed E-state index contributed by atoms with van der Waals surface area (Å²) < 4.78 is 5.54. The SMILES string of the molecule is [CH2-]C(CCC)COCC(C)CC.[Y+3]. The van der Waals surface area contributed by atoms with Gasteiger partial charge in [0.15, 0.2) is 0 Å². The van der Waals surface area contributed by atoms with Crippen molar-refractivity contribution >= 4 is 0 Å². The zero-order valence-electron chi connectivity index (χ0n) is 9.38. The number of hydrogen-bond donors (Lipinski definition) is 0. The van der Waals surface area contributed by atoms with Gasteiger partial charge in [-0.2, -0.15) is 0 Å². The van der Waals surface area contributed by atoms with Crippen LogP contribution in [-0.2, 0) is 37.4 Å². The van der Waals surface area contributed by atoms with Crippen LogP contribution in [0, 0.1) is 18.8 Å². The fourth-order valence-corrected chi connectivity index (χ4v) is 1.05. The largest absolute Gasteiger partial charge is 3.00 e. The number of rotatable bonds is 7. The van der Waals surface area contributed by atoms with E-state index in [1.807, 2.05) is 0 Å². The number of hydrogen-bond acceptors (Lipinski definition) is 1. The van der Waals surface area contributed by atoms with Crippen LogP contribution in [0.15, 0.2) is 0 Å². The molecule has 2 atom stereocenters. The van der Waals surface area contributed by atoms with Gasteiger partial charge in [-0.25, -0.2) is 0 Å². The standard InChI is InChI=1S/C11H23O.Y/c1-5-7-11(4)9-12-8-10(3)6-2;/h10-11H,4-9H2,1-3H3;/q-1;+3. The molecule has 13 heavy (non-hydrogen) atoms. The Hall–Kier alpha value is 1.06. The van der Waals surface area contributed by atoms with E-state index in [-0.39, 0.29) is 32.7 Å².